The summed E-state index contributed by atoms with van der Waals surface area (Å²) in [4.78, 5) is 85.8. The summed E-state index contributed by atoms with van der Waals surface area (Å²) in [7, 11) is 0. The van der Waals surface area contributed by atoms with E-state index in [0.717, 1.165) is 16.7 Å². The van der Waals surface area contributed by atoms with Gasteiger partial charge in [-0.25, -0.2) is 0 Å². The molecule has 14 heteroatoms. The molecular formula is C47H48N6O8. The molecule has 1 unspecified atom stereocenters. The summed E-state index contributed by atoms with van der Waals surface area (Å²) in [6.07, 6.45) is 3.67. The highest BCUT2D eigenvalue weighted by atomic mass is 16.5. The van der Waals surface area contributed by atoms with Crippen LogP contribution in [0.1, 0.15) is 35.6 Å². The minimum atomic E-state index is -1.26. The molecule has 2 aliphatic heterocycles. The van der Waals surface area contributed by atoms with Crippen molar-refractivity contribution in [3.05, 3.63) is 156 Å². The Kier molecular flexibility index (Phi) is 14.9. The highest BCUT2D eigenvalue weighted by molar-refractivity contribution is 5.96. The van der Waals surface area contributed by atoms with E-state index >= 15 is 0 Å². The van der Waals surface area contributed by atoms with Crippen LogP contribution in [0.2, 0.25) is 0 Å². The maximum absolute atomic E-state index is 14.5. The summed E-state index contributed by atoms with van der Waals surface area (Å²) in [5.74, 6) is -4.30. The molecule has 0 radical (unpaired) electrons. The van der Waals surface area contributed by atoms with E-state index in [0.29, 0.717) is 28.9 Å². The summed E-state index contributed by atoms with van der Waals surface area (Å²) in [5, 5.41) is 23.2. The Morgan fingerprint density at radius 1 is 0.672 bits per heavy atom. The molecule has 2 aliphatic rings. The maximum Gasteiger partial charge on any atom is 0.325 e. The van der Waals surface area contributed by atoms with E-state index in [-0.39, 0.29) is 25.7 Å². The molecule has 7 rings (SSSR count). The van der Waals surface area contributed by atoms with Gasteiger partial charge in [0, 0.05) is 31.7 Å². The van der Waals surface area contributed by atoms with Crippen LogP contribution in [0.3, 0.4) is 0 Å². The number of aliphatic carboxylic acids is 1. The number of hydrogen-bond donors (Lipinski definition) is 6. The number of carboxylic acid groups (broad SMARTS) is 1. The van der Waals surface area contributed by atoms with Crippen LogP contribution in [-0.2, 0) is 54.5 Å². The van der Waals surface area contributed by atoms with Gasteiger partial charge in [-0.2, -0.15) is 0 Å². The monoisotopic (exact) mass is 824 g/mol. The van der Waals surface area contributed by atoms with Gasteiger partial charge in [0.15, 0.2) is 6.61 Å². The lowest BCUT2D eigenvalue weighted by molar-refractivity contribution is -0.141. The second-order valence-electron chi connectivity index (χ2n) is 14.9. The average molecular weight is 825 g/mol. The van der Waals surface area contributed by atoms with Crippen LogP contribution in [0.5, 0.6) is 5.75 Å². The Hall–Kier alpha value is -7.35. The first-order valence-corrected chi connectivity index (χ1v) is 20.0. The Morgan fingerprint density at radius 3 is 1.87 bits per heavy atom. The number of ether oxygens (including phenoxy) is 1. The van der Waals surface area contributed by atoms with Gasteiger partial charge in [0.1, 0.15) is 36.0 Å². The van der Waals surface area contributed by atoms with Crippen LogP contribution in [-0.4, -0.2) is 82.4 Å². The first-order valence-electron chi connectivity index (χ1n) is 20.0. The number of carbonyl (C=O) groups excluding carboxylic acids is 5. The average Bonchev–Trinajstić information content (AvgIpc) is 3.27. The first-order chi connectivity index (χ1) is 29.5. The summed E-state index contributed by atoms with van der Waals surface area (Å²) < 4.78 is 5.74. The molecule has 0 aliphatic carbocycles. The molecule has 0 fully saturated rings. The number of aryl methyl sites for hydroxylation is 1. The Morgan fingerprint density at radius 2 is 1.23 bits per heavy atom. The lowest BCUT2D eigenvalue weighted by Crippen LogP contribution is -2.59. The fraction of sp³-hybridized carbons (Fsp3) is 0.255. The fourth-order valence-corrected chi connectivity index (χ4v) is 6.84. The van der Waals surface area contributed by atoms with Crippen LogP contribution in [0.25, 0.3) is 11.1 Å². The summed E-state index contributed by atoms with van der Waals surface area (Å²) in [6, 6.07) is 30.5. The molecule has 6 N–H and O–H groups in total. The molecule has 0 spiro atoms. The molecule has 3 heterocycles. The minimum Gasteiger partial charge on any atom is -0.484 e. The van der Waals surface area contributed by atoms with Gasteiger partial charge in [-0.15, -0.1) is 0 Å². The standard InChI is InChI=1S/C47H48N6O8/c1-30(47(59)60)49-44(56)40-27-33-14-19-37(20-15-33)61-29-42(54)50-39(28-34-22-24-48-25-23-34)45(57)53-41(26-32-12-17-36(18-13-32)35-10-6-3-7-11-35)46(58)51-38(43(55)52-40)21-16-31-8-4-2-5-9-31/h2-15,17-20,22-25,30,38-41H,16,21,26-29H2,1H3,(H,49,56)(H,50,54)(H,51,58)(H,52,55)(H,53,57)(H,59,60)/t30-,38?,39-,40-,41+/m0/s1. The normalized spacial score (nSPS) is 19.3. The lowest BCUT2D eigenvalue weighted by Gasteiger charge is -2.27. The zero-order valence-electron chi connectivity index (χ0n) is 33.6. The highest BCUT2D eigenvalue weighted by Gasteiger charge is 2.33. The van der Waals surface area contributed by atoms with Gasteiger partial charge in [-0.1, -0.05) is 97.1 Å². The molecule has 314 valence electrons. The second kappa shape index (κ2) is 21.1. The van der Waals surface area contributed by atoms with Gasteiger partial charge < -0.3 is 36.4 Å². The van der Waals surface area contributed by atoms with Crippen molar-refractivity contribution in [2.75, 3.05) is 6.61 Å². The third-order valence-electron chi connectivity index (χ3n) is 10.3. The maximum atomic E-state index is 14.5. The molecule has 5 aromatic rings. The number of amides is 5. The Bertz CT molecular complexity index is 2280. The highest BCUT2D eigenvalue weighted by Crippen LogP contribution is 2.20. The second-order valence-corrected chi connectivity index (χ2v) is 14.9. The quantitative estimate of drug-likeness (QED) is 0.108. The number of nitrogens with zero attached hydrogens (tertiary/aromatic N) is 1. The molecule has 5 atom stereocenters. The fourth-order valence-electron chi connectivity index (χ4n) is 6.84. The molecule has 2 bridgehead atoms. The zero-order valence-corrected chi connectivity index (χ0v) is 33.6. The molecular weight excluding hydrogens is 777 g/mol. The molecule has 61 heavy (non-hydrogen) atoms. The molecule has 0 saturated heterocycles. The number of aromatic nitrogens is 1. The number of carboxylic acids is 1. The summed E-state index contributed by atoms with van der Waals surface area (Å²) >= 11 is 0. The smallest absolute Gasteiger partial charge is 0.325 e. The van der Waals surface area contributed by atoms with Crippen LogP contribution >= 0.6 is 0 Å². The van der Waals surface area contributed by atoms with E-state index in [9.17, 15) is 33.9 Å². The van der Waals surface area contributed by atoms with E-state index in [1.165, 1.54) is 6.92 Å². The Balaban J connectivity index is 1.35. The molecule has 4 aromatic carbocycles. The number of pyridine rings is 1. The van der Waals surface area contributed by atoms with Crippen LogP contribution in [0.4, 0.5) is 0 Å². The number of nitrogens with one attached hydrogen (secondary N) is 5. The minimum absolute atomic E-state index is 0.0186. The molecule has 14 nitrogen and oxygen atoms in total. The number of benzene rings is 4. The molecule has 1 aromatic heterocycles. The lowest BCUT2D eigenvalue weighted by atomic mass is 9.98. The predicted molar refractivity (Wildman–Crippen MR) is 227 cm³/mol. The van der Waals surface area contributed by atoms with Gasteiger partial charge >= 0.3 is 5.97 Å². The third kappa shape index (κ3) is 12.8. The van der Waals surface area contributed by atoms with Crippen molar-refractivity contribution in [1.82, 2.24) is 31.6 Å². The van der Waals surface area contributed by atoms with Crippen molar-refractivity contribution >= 4 is 35.5 Å². The van der Waals surface area contributed by atoms with Crippen molar-refractivity contribution in [2.24, 2.45) is 0 Å². The van der Waals surface area contributed by atoms with Gasteiger partial charge in [-0.05, 0) is 77.4 Å². The summed E-state index contributed by atoms with van der Waals surface area (Å²) in [5.41, 5.74) is 4.85. The van der Waals surface area contributed by atoms with E-state index in [1.54, 1.807) is 48.8 Å². The topological polar surface area (TPSA) is 205 Å². The SMILES string of the molecule is C[C@H](NC(=O)[C@@H]1Cc2ccc(cc2)OCC(=O)N[C@@H](Cc2ccncc2)C(=O)N[C@H](Cc2ccc(-c3ccccc3)cc2)C(=O)NC(CCc2ccccc2)C(=O)N1)C(=O)O. The number of hydrogen-bond acceptors (Lipinski definition) is 8. The number of carbonyl (C=O) groups is 6. The van der Waals surface area contributed by atoms with E-state index < -0.39 is 72.3 Å². The van der Waals surface area contributed by atoms with Crippen molar-refractivity contribution in [2.45, 2.75) is 69.2 Å². The van der Waals surface area contributed by atoms with Crippen molar-refractivity contribution in [3.8, 4) is 16.9 Å². The Labute approximate surface area is 353 Å². The van der Waals surface area contributed by atoms with Gasteiger partial charge in [0.05, 0.1) is 0 Å². The van der Waals surface area contributed by atoms with Crippen LogP contribution < -0.4 is 31.3 Å². The zero-order chi connectivity index (χ0) is 43.1. The van der Waals surface area contributed by atoms with Gasteiger partial charge in [0.2, 0.25) is 23.6 Å². The molecule has 0 saturated carbocycles. The van der Waals surface area contributed by atoms with E-state index in [2.05, 4.69) is 31.6 Å². The van der Waals surface area contributed by atoms with E-state index in [1.807, 2.05) is 84.9 Å². The number of fused-ring (bicyclic) bond motifs is 16. The predicted octanol–water partition coefficient (Wildman–Crippen LogP) is 3.33. The number of rotatable bonds is 11. The first kappa shape index (κ1) is 43.2. The molecule has 5 amide bonds. The van der Waals surface area contributed by atoms with Gasteiger partial charge in [0.25, 0.3) is 5.91 Å². The van der Waals surface area contributed by atoms with Gasteiger partial charge in [-0.3, -0.25) is 33.8 Å². The van der Waals surface area contributed by atoms with Crippen molar-refractivity contribution in [3.63, 3.8) is 0 Å². The third-order valence-corrected chi connectivity index (χ3v) is 10.3. The van der Waals surface area contributed by atoms with Crippen molar-refractivity contribution < 1.29 is 38.6 Å². The van der Waals surface area contributed by atoms with Crippen LogP contribution in [0.15, 0.2) is 134 Å². The van der Waals surface area contributed by atoms with Crippen molar-refractivity contribution in [1.29, 1.82) is 0 Å². The van der Waals surface area contributed by atoms with Crippen LogP contribution in [0, 0.1) is 0 Å². The summed E-state index contributed by atoms with van der Waals surface area (Å²) in [6.45, 7) is 0.872. The largest absolute Gasteiger partial charge is 0.484 e. The van der Waals surface area contributed by atoms with E-state index in [4.69, 9.17) is 4.74 Å².